The van der Waals surface area contributed by atoms with Crippen LogP contribution in [0.2, 0.25) is 0 Å². The zero-order chi connectivity index (χ0) is 14.1. The summed E-state index contributed by atoms with van der Waals surface area (Å²) in [5, 5.41) is 14.1. The van der Waals surface area contributed by atoms with Gasteiger partial charge in [0, 0.05) is 32.7 Å². The summed E-state index contributed by atoms with van der Waals surface area (Å²) in [7, 11) is 1.67. The van der Waals surface area contributed by atoms with Gasteiger partial charge in [0.15, 0.2) is 0 Å². The fourth-order valence-electron chi connectivity index (χ4n) is 1.54. The Kier molecular flexibility index (Phi) is 10.1. The van der Waals surface area contributed by atoms with E-state index < -0.39 is 0 Å². The summed E-state index contributed by atoms with van der Waals surface area (Å²) in [4.78, 5) is 4.19. The molecule has 1 aromatic rings. The molecule has 1 rings (SSSR count). The van der Waals surface area contributed by atoms with Crippen LogP contribution in [0.25, 0.3) is 10.7 Å². The van der Waals surface area contributed by atoms with Gasteiger partial charge in [-0.15, -0.1) is 0 Å². The van der Waals surface area contributed by atoms with Crippen molar-refractivity contribution in [3.63, 3.8) is 0 Å². The Morgan fingerprint density at radius 1 is 1.30 bits per heavy atom. The van der Waals surface area contributed by atoms with Crippen LogP contribution in [0.3, 0.4) is 0 Å². The fourth-order valence-corrected chi connectivity index (χ4v) is 1.54. The second-order valence-electron chi connectivity index (χ2n) is 3.90. The minimum atomic E-state index is -0.0227. The molecule has 0 fully saturated rings. The van der Waals surface area contributed by atoms with Crippen molar-refractivity contribution in [1.82, 2.24) is 0 Å². The summed E-state index contributed by atoms with van der Waals surface area (Å²) >= 11 is 0. The van der Waals surface area contributed by atoms with E-state index in [0.29, 0.717) is 11.4 Å². The van der Waals surface area contributed by atoms with Crippen molar-refractivity contribution in [3.05, 3.63) is 70.4 Å². The average molecular weight is 342 g/mol. The van der Waals surface area contributed by atoms with Crippen LogP contribution in [0, 0.1) is 0 Å². The van der Waals surface area contributed by atoms with Gasteiger partial charge in [0.25, 0.3) is 0 Å². The fraction of sp³-hybridized carbons (Fsp3) is 0.250. The van der Waals surface area contributed by atoms with E-state index in [-0.39, 0.29) is 38.5 Å². The number of hydrogen-bond donors (Lipinski definition) is 0. The number of hydrogen-bond acceptors (Lipinski definition) is 0. The quantitative estimate of drug-likeness (QED) is 0.445. The molecule has 0 amide bonds. The summed E-state index contributed by atoms with van der Waals surface area (Å²) in [5.41, 5.74) is 1.57. The number of nitrogens with zero attached hydrogens (tertiary/aromatic N) is 3. The van der Waals surface area contributed by atoms with E-state index >= 15 is 0 Å². The minimum Gasteiger partial charge on any atom is -0.468 e. The Balaban J connectivity index is 0.00000361. The summed E-state index contributed by atoms with van der Waals surface area (Å²) in [6, 6.07) is 9.23. The predicted octanol–water partition coefficient (Wildman–Crippen LogP) is 4.31. The molecule has 0 aliphatic rings. The molecular weight excluding hydrogens is 323 g/mol. The number of benzene rings is 1. The monoisotopic (exact) mass is 342 g/mol. The van der Waals surface area contributed by atoms with Gasteiger partial charge in [0.05, 0.1) is 0 Å². The second kappa shape index (κ2) is 10.7. The van der Waals surface area contributed by atoms with Crippen LogP contribution in [-0.2, 0) is 32.7 Å². The zero-order valence-electron chi connectivity index (χ0n) is 12.2. The van der Waals surface area contributed by atoms with E-state index in [0.717, 1.165) is 12.0 Å². The van der Waals surface area contributed by atoms with Gasteiger partial charge in [-0.25, -0.2) is 0 Å². The summed E-state index contributed by atoms with van der Waals surface area (Å²) in [5.74, 6) is 0.499. The van der Waals surface area contributed by atoms with Gasteiger partial charge in [-0.05, 0) is 24.5 Å². The standard InChI is InChI=1S/C16H19N3.Y/c1-4-6-10-13(5-2)16(18-3)19-15(17)14-11-8-7-9-12-14;/h5-12H,4H2,1-3H3;/q-2;/b10-6-,13-5+;. The molecule has 1 aromatic carbocycles. The van der Waals surface area contributed by atoms with Gasteiger partial charge in [-0.3, -0.25) is 0 Å². The Hall–Kier alpha value is -1.06. The third kappa shape index (κ3) is 5.93. The van der Waals surface area contributed by atoms with E-state index in [1.807, 2.05) is 55.5 Å². The SMILES string of the molecule is C/C=C(\C=C/CC)C(=NC(=[N-])c1ccccc1)[N-]C.[Y]. The van der Waals surface area contributed by atoms with Gasteiger partial charge >= 0.3 is 0 Å². The first-order valence-corrected chi connectivity index (χ1v) is 6.36. The number of allylic oxidation sites excluding steroid dienone is 2. The Labute approximate surface area is 146 Å². The van der Waals surface area contributed by atoms with Crippen molar-refractivity contribution in [2.75, 3.05) is 7.05 Å². The van der Waals surface area contributed by atoms with Gasteiger partial charge in [-0.1, -0.05) is 74.2 Å². The molecule has 4 heteroatoms. The number of likely N-dealkylation sites (N-methyl/N-ethyl adjacent to an activating group) is 1. The molecule has 0 spiro atoms. The van der Waals surface area contributed by atoms with E-state index in [1.54, 1.807) is 7.05 Å². The maximum absolute atomic E-state index is 10.0. The van der Waals surface area contributed by atoms with Gasteiger partial charge < -0.3 is 15.7 Å². The maximum Gasteiger partial charge on any atom is 0 e. The van der Waals surface area contributed by atoms with Crippen molar-refractivity contribution >= 4 is 11.7 Å². The average Bonchev–Trinajstić information content (AvgIpc) is 2.47. The molecule has 0 aliphatic carbocycles. The first kappa shape index (κ1) is 18.9. The molecule has 0 saturated heterocycles. The Morgan fingerprint density at radius 2 is 1.95 bits per heavy atom. The van der Waals surface area contributed by atoms with Crippen LogP contribution in [0.15, 0.2) is 59.1 Å². The first-order chi connectivity index (χ1) is 9.22. The van der Waals surface area contributed by atoms with Crippen molar-refractivity contribution in [2.45, 2.75) is 20.3 Å². The van der Waals surface area contributed by atoms with Crippen LogP contribution >= 0.6 is 0 Å². The molecule has 0 saturated carbocycles. The van der Waals surface area contributed by atoms with Gasteiger partial charge in [-0.2, -0.15) is 0 Å². The topological polar surface area (TPSA) is 48.8 Å². The molecule has 0 aliphatic heterocycles. The summed E-state index contributed by atoms with van der Waals surface area (Å²) in [6.07, 6.45) is 6.87. The van der Waals surface area contributed by atoms with Crippen molar-refractivity contribution < 1.29 is 32.7 Å². The molecule has 3 nitrogen and oxygen atoms in total. The largest absolute Gasteiger partial charge is 0.468 e. The van der Waals surface area contributed by atoms with E-state index in [9.17, 15) is 5.41 Å². The number of rotatable bonds is 4. The maximum atomic E-state index is 10.0. The molecule has 1 radical (unpaired) electrons. The predicted molar refractivity (Wildman–Crippen MR) is 83.8 cm³/mol. The molecular formula is C16H19N3Y-2. The minimum absolute atomic E-state index is 0. The molecule has 0 aromatic heterocycles. The molecule has 0 unspecified atom stereocenters. The van der Waals surface area contributed by atoms with Crippen molar-refractivity contribution in [1.29, 1.82) is 0 Å². The number of amidine groups is 2. The molecule has 0 bridgehead atoms. The molecule has 0 heterocycles. The zero-order valence-corrected chi connectivity index (χ0v) is 15.1. The third-order valence-electron chi connectivity index (χ3n) is 2.56. The van der Waals surface area contributed by atoms with Gasteiger partial charge in [0.2, 0.25) is 0 Å². The first-order valence-electron chi connectivity index (χ1n) is 6.36. The van der Waals surface area contributed by atoms with Gasteiger partial charge in [0.1, 0.15) is 0 Å². The van der Waals surface area contributed by atoms with Crippen LogP contribution in [-0.4, -0.2) is 18.7 Å². The summed E-state index contributed by atoms with van der Waals surface area (Å²) in [6.45, 7) is 3.99. The van der Waals surface area contributed by atoms with Crippen molar-refractivity contribution in [2.24, 2.45) is 4.99 Å². The second-order valence-corrected chi connectivity index (χ2v) is 3.90. The van der Waals surface area contributed by atoms with E-state index in [4.69, 9.17) is 0 Å². The Morgan fingerprint density at radius 3 is 2.45 bits per heavy atom. The molecule has 20 heavy (non-hydrogen) atoms. The van der Waals surface area contributed by atoms with E-state index in [2.05, 4.69) is 17.2 Å². The van der Waals surface area contributed by atoms with Crippen LogP contribution in [0.4, 0.5) is 0 Å². The number of aliphatic imine (C=N–C) groups is 1. The molecule has 103 valence electrons. The third-order valence-corrected chi connectivity index (χ3v) is 2.56. The van der Waals surface area contributed by atoms with Crippen molar-refractivity contribution in [3.8, 4) is 0 Å². The van der Waals surface area contributed by atoms with Crippen LogP contribution < -0.4 is 0 Å². The smallest absolute Gasteiger partial charge is 0 e. The van der Waals surface area contributed by atoms with E-state index in [1.165, 1.54) is 0 Å². The van der Waals surface area contributed by atoms with Crippen LogP contribution in [0.1, 0.15) is 25.8 Å². The molecule has 0 atom stereocenters. The summed E-state index contributed by atoms with van der Waals surface area (Å²) < 4.78 is 0. The van der Waals surface area contributed by atoms with Crippen LogP contribution in [0.5, 0.6) is 0 Å². The Bertz CT molecular complexity index is 502. The normalized spacial score (nSPS) is 12.2. The molecule has 0 N–H and O–H groups in total.